The van der Waals surface area contributed by atoms with Crippen molar-refractivity contribution in [1.29, 1.82) is 0 Å². The number of nitrogens with one attached hydrogen (secondary N) is 2. The molecule has 8 heteroatoms. The van der Waals surface area contributed by atoms with E-state index in [1.807, 2.05) is 87.5 Å². The van der Waals surface area contributed by atoms with E-state index in [0.717, 1.165) is 27.9 Å². The maximum atomic E-state index is 13.7. The van der Waals surface area contributed by atoms with Gasteiger partial charge in [0.1, 0.15) is 19.0 Å². The third-order valence-electron chi connectivity index (χ3n) is 6.41. The minimum atomic E-state index is -0.512. The fourth-order valence-electron chi connectivity index (χ4n) is 4.55. The van der Waals surface area contributed by atoms with Gasteiger partial charge >= 0.3 is 0 Å². The molecule has 5 rings (SSSR count). The highest BCUT2D eigenvalue weighted by molar-refractivity contribution is 6.06. The van der Waals surface area contributed by atoms with Gasteiger partial charge in [-0.3, -0.25) is 4.79 Å². The first-order valence-electron chi connectivity index (χ1n) is 12.0. The maximum absolute atomic E-state index is 13.7. The van der Waals surface area contributed by atoms with Gasteiger partial charge in [-0.25, -0.2) is 4.68 Å². The Morgan fingerprint density at radius 2 is 1.84 bits per heavy atom. The van der Waals surface area contributed by atoms with E-state index >= 15 is 0 Å². The highest BCUT2D eigenvalue weighted by Gasteiger charge is 2.34. The van der Waals surface area contributed by atoms with E-state index in [0.29, 0.717) is 35.3 Å². The average Bonchev–Trinajstić information content (AvgIpc) is 3.36. The van der Waals surface area contributed by atoms with Gasteiger partial charge in [-0.15, -0.1) is 0 Å². The van der Waals surface area contributed by atoms with Crippen molar-refractivity contribution < 1.29 is 14.3 Å². The lowest BCUT2D eigenvalue weighted by atomic mass is 9.94. The number of aryl methyl sites for hydroxylation is 2. The van der Waals surface area contributed by atoms with Crippen molar-refractivity contribution in [2.75, 3.05) is 17.7 Å². The first-order valence-corrected chi connectivity index (χ1v) is 12.0. The lowest BCUT2D eigenvalue weighted by molar-refractivity contribution is -0.113. The second-order valence-electron chi connectivity index (χ2n) is 9.05. The quantitative estimate of drug-likeness (QED) is 0.356. The summed E-state index contributed by atoms with van der Waals surface area (Å²) >= 11 is 0. The molecule has 2 heterocycles. The molecule has 0 spiro atoms. The smallest absolute Gasteiger partial charge is 0.255 e. The van der Waals surface area contributed by atoms with E-state index in [1.54, 1.807) is 11.8 Å². The number of allylic oxidation sites excluding steroid dienone is 1. The number of hydrogen-bond donors (Lipinski definition) is 2. The van der Waals surface area contributed by atoms with Crippen molar-refractivity contribution in [3.05, 3.63) is 107 Å². The number of rotatable bonds is 7. The summed E-state index contributed by atoms with van der Waals surface area (Å²) in [4.78, 5) is 18.0. The largest absolute Gasteiger partial charge is 0.493 e. The average molecular weight is 496 g/mol. The predicted molar refractivity (Wildman–Crippen MR) is 143 cm³/mol. The summed E-state index contributed by atoms with van der Waals surface area (Å²) in [5.41, 5.74) is 6.02. The summed E-state index contributed by atoms with van der Waals surface area (Å²) in [5, 5.41) is 10.7. The number of nitrogens with zero attached hydrogens (tertiary/aromatic N) is 3. The molecule has 1 aromatic heterocycles. The fourth-order valence-corrected chi connectivity index (χ4v) is 4.55. The lowest BCUT2D eigenvalue weighted by Gasteiger charge is -2.29. The van der Waals surface area contributed by atoms with E-state index in [9.17, 15) is 4.79 Å². The molecule has 188 valence electrons. The number of aromatic nitrogens is 3. The molecule has 8 nitrogen and oxygen atoms in total. The van der Waals surface area contributed by atoms with Crippen LogP contribution in [0.4, 0.5) is 11.6 Å². The third-order valence-corrected chi connectivity index (χ3v) is 6.41. The number of carbonyl (C=O) groups is 1. The molecule has 1 amide bonds. The number of amides is 1. The van der Waals surface area contributed by atoms with Crippen molar-refractivity contribution in [3.8, 4) is 11.5 Å². The van der Waals surface area contributed by atoms with Crippen LogP contribution in [0.15, 0.2) is 84.3 Å². The van der Waals surface area contributed by atoms with Crippen LogP contribution in [-0.4, -0.2) is 27.8 Å². The molecule has 0 bridgehead atoms. The zero-order valence-electron chi connectivity index (χ0n) is 21.3. The minimum Gasteiger partial charge on any atom is -0.493 e. The molecular formula is C29H29N5O3. The number of carbonyl (C=O) groups excluding carboxylic acids is 1. The molecule has 1 aliphatic rings. The van der Waals surface area contributed by atoms with Crippen LogP contribution in [-0.2, 0) is 11.4 Å². The Hall–Kier alpha value is -4.59. The topological polar surface area (TPSA) is 90.3 Å². The number of anilines is 2. The van der Waals surface area contributed by atoms with Crippen molar-refractivity contribution in [1.82, 2.24) is 14.8 Å². The number of hydrogen-bond acceptors (Lipinski definition) is 6. The van der Waals surface area contributed by atoms with Gasteiger partial charge in [-0.1, -0.05) is 54.1 Å². The van der Waals surface area contributed by atoms with Crippen LogP contribution in [0.3, 0.4) is 0 Å². The summed E-state index contributed by atoms with van der Waals surface area (Å²) in [6.45, 7) is 6.30. The normalized spacial score (nSPS) is 14.5. The molecular weight excluding hydrogens is 466 g/mol. The molecule has 3 aromatic carbocycles. The first-order chi connectivity index (χ1) is 17.9. The van der Waals surface area contributed by atoms with Gasteiger partial charge in [0.05, 0.1) is 12.7 Å². The van der Waals surface area contributed by atoms with Gasteiger partial charge in [-0.2, -0.15) is 10.1 Å². The molecule has 0 unspecified atom stereocenters. The lowest BCUT2D eigenvalue weighted by Crippen LogP contribution is -2.31. The van der Waals surface area contributed by atoms with E-state index in [4.69, 9.17) is 9.47 Å². The summed E-state index contributed by atoms with van der Waals surface area (Å²) in [5.74, 6) is 1.53. The Morgan fingerprint density at radius 3 is 2.59 bits per heavy atom. The molecule has 1 aliphatic heterocycles. The monoisotopic (exact) mass is 495 g/mol. The number of ether oxygens (including phenoxy) is 2. The Labute approximate surface area is 216 Å². The first kappa shape index (κ1) is 24.1. The van der Waals surface area contributed by atoms with Gasteiger partial charge in [0.25, 0.3) is 5.91 Å². The Balaban J connectivity index is 1.49. The zero-order chi connectivity index (χ0) is 25.9. The number of fused-ring (bicyclic) bond motifs is 1. The molecule has 0 saturated heterocycles. The second kappa shape index (κ2) is 10.2. The molecule has 0 fully saturated rings. The van der Waals surface area contributed by atoms with Crippen molar-refractivity contribution in [2.45, 2.75) is 33.4 Å². The van der Waals surface area contributed by atoms with Crippen LogP contribution in [0, 0.1) is 13.8 Å². The van der Waals surface area contributed by atoms with Crippen LogP contribution in [0.1, 0.15) is 35.2 Å². The van der Waals surface area contributed by atoms with E-state index in [-0.39, 0.29) is 5.91 Å². The minimum absolute atomic E-state index is 0.216. The molecule has 1 atom stereocenters. The molecule has 0 aliphatic carbocycles. The predicted octanol–water partition coefficient (Wildman–Crippen LogP) is 5.41. The van der Waals surface area contributed by atoms with Crippen LogP contribution in [0.25, 0.3) is 0 Å². The van der Waals surface area contributed by atoms with Gasteiger partial charge < -0.3 is 20.1 Å². The molecule has 2 N–H and O–H groups in total. The van der Waals surface area contributed by atoms with E-state index in [1.165, 1.54) is 6.33 Å². The highest BCUT2D eigenvalue weighted by Crippen LogP contribution is 2.39. The third kappa shape index (κ3) is 4.91. The van der Waals surface area contributed by atoms with Crippen molar-refractivity contribution in [2.24, 2.45) is 0 Å². The summed E-state index contributed by atoms with van der Waals surface area (Å²) in [6.07, 6.45) is 1.47. The number of methoxy groups -OCH3 is 1. The Morgan fingerprint density at radius 1 is 1.03 bits per heavy atom. The Bertz CT molecular complexity index is 1480. The fraction of sp³-hybridized carbons (Fsp3) is 0.207. The maximum Gasteiger partial charge on any atom is 0.255 e. The summed E-state index contributed by atoms with van der Waals surface area (Å²) in [6, 6.07) is 21.1. The van der Waals surface area contributed by atoms with Crippen LogP contribution < -0.4 is 20.1 Å². The molecule has 4 aromatic rings. The van der Waals surface area contributed by atoms with Crippen LogP contribution >= 0.6 is 0 Å². The molecule has 0 saturated carbocycles. The van der Waals surface area contributed by atoms with Crippen LogP contribution in [0.5, 0.6) is 11.5 Å². The van der Waals surface area contributed by atoms with Gasteiger partial charge in [0.2, 0.25) is 5.95 Å². The zero-order valence-corrected chi connectivity index (χ0v) is 21.3. The van der Waals surface area contributed by atoms with E-state index in [2.05, 4.69) is 20.7 Å². The molecule has 37 heavy (non-hydrogen) atoms. The highest BCUT2D eigenvalue weighted by atomic mass is 16.5. The number of benzene rings is 3. The van der Waals surface area contributed by atoms with Gasteiger partial charge in [0, 0.05) is 11.4 Å². The van der Waals surface area contributed by atoms with Crippen molar-refractivity contribution >= 4 is 17.5 Å². The summed E-state index contributed by atoms with van der Waals surface area (Å²) in [7, 11) is 1.60. The van der Waals surface area contributed by atoms with E-state index < -0.39 is 6.04 Å². The standard InChI is InChI=1S/C29H29N5O3/c1-18-10-12-23(19(2)14-18)33-28(35)26-20(3)32-29-30-17-31-34(29)27(26)22-11-13-24(25(15-22)36-4)37-16-21-8-6-5-7-9-21/h5-15,17,27H,16H2,1-4H3,(H,33,35)(H,30,31,32)/t27-/m1/s1. The van der Waals surface area contributed by atoms with Gasteiger partial charge in [0.15, 0.2) is 11.5 Å². The Kier molecular flexibility index (Phi) is 6.64. The van der Waals surface area contributed by atoms with Crippen LogP contribution in [0.2, 0.25) is 0 Å². The molecule has 0 radical (unpaired) electrons. The van der Waals surface area contributed by atoms with Crippen molar-refractivity contribution in [3.63, 3.8) is 0 Å². The SMILES string of the molecule is COc1cc([C@@H]2C(C(=O)Nc3ccc(C)cc3C)=C(C)Nc3ncnn32)ccc1OCc1ccccc1. The van der Waals surface area contributed by atoms with Gasteiger partial charge in [-0.05, 0) is 55.7 Å². The second-order valence-corrected chi connectivity index (χ2v) is 9.05. The summed E-state index contributed by atoms with van der Waals surface area (Å²) < 4.78 is 13.4.